The Kier molecular flexibility index (Phi) is 3.92. The molecule has 2 N–H and O–H groups in total. The minimum absolute atomic E-state index is 0.143. The first-order chi connectivity index (χ1) is 8.20. The van der Waals surface area contributed by atoms with Crippen molar-refractivity contribution in [2.45, 2.75) is 36.1 Å². The zero-order chi connectivity index (χ0) is 12.3. The number of aryl methyl sites for hydroxylation is 1. The number of hydrogen-bond acceptors (Lipinski definition) is 3. The van der Waals surface area contributed by atoms with Gasteiger partial charge in [-0.2, -0.15) is 0 Å². The van der Waals surface area contributed by atoms with Gasteiger partial charge in [-0.05, 0) is 37.1 Å². The summed E-state index contributed by atoms with van der Waals surface area (Å²) in [5, 5.41) is 0. The number of rotatable bonds is 4. The molecule has 0 aliphatic heterocycles. The maximum absolute atomic E-state index is 5.98. The average molecular weight is 247 g/mol. The van der Waals surface area contributed by atoms with Gasteiger partial charge in [-0.1, -0.05) is 30.8 Å². The van der Waals surface area contributed by atoms with Gasteiger partial charge in [0.15, 0.2) is 0 Å². The predicted molar refractivity (Wildman–Crippen MR) is 71.2 cm³/mol. The summed E-state index contributed by atoms with van der Waals surface area (Å²) in [6, 6.07) is 10.6. The van der Waals surface area contributed by atoms with E-state index in [1.807, 2.05) is 13.0 Å². The molecule has 0 amide bonds. The lowest BCUT2D eigenvalue weighted by Crippen LogP contribution is -2.07. The summed E-state index contributed by atoms with van der Waals surface area (Å²) in [5.74, 6) is 0.962. The van der Waals surface area contributed by atoms with Crippen LogP contribution in [0.15, 0.2) is 50.8 Å². The van der Waals surface area contributed by atoms with Gasteiger partial charge in [-0.15, -0.1) is 0 Å². The molecule has 0 spiro atoms. The van der Waals surface area contributed by atoms with Crippen LogP contribution in [0.25, 0.3) is 0 Å². The van der Waals surface area contributed by atoms with Crippen molar-refractivity contribution in [3.05, 3.63) is 47.9 Å². The van der Waals surface area contributed by atoms with Gasteiger partial charge >= 0.3 is 0 Å². The van der Waals surface area contributed by atoms with Gasteiger partial charge in [-0.25, -0.2) is 0 Å². The van der Waals surface area contributed by atoms with Crippen molar-refractivity contribution >= 4 is 11.8 Å². The van der Waals surface area contributed by atoms with E-state index >= 15 is 0 Å². The van der Waals surface area contributed by atoms with Crippen molar-refractivity contribution in [3.8, 4) is 0 Å². The Labute approximate surface area is 106 Å². The lowest BCUT2D eigenvalue weighted by Gasteiger charge is -2.09. The van der Waals surface area contributed by atoms with Crippen LogP contribution in [0.4, 0.5) is 0 Å². The lowest BCUT2D eigenvalue weighted by atomic mass is 10.1. The van der Waals surface area contributed by atoms with Crippen molar-refractivity contribution in [1.82, 2.24) is 0 Å². The molecule has 2 nitrogen and oxygen atoms in total. The predicted octanol–water partition coefficient (Wildman–Crippen LogP) is 4.15. The average Bonchev–Trinajstić information content (AvgIpc) is 2.75. The highest BCUT2D eigenvalue weighted by Crippen LogP contribution is 2.31. The molecule has 2 rings (SSSR count). The number of nitrogens with two attached hydrogens (primary N) is 1. The molecule has 0 saturated carbocycles. The Bertz CT molecular complexity index is 475. The maximum atomic E-state index is 5.98. The van der Waals surface area contributed by atoms with Crippen molar-refractivity contribution in [1.29, 1.82) is 0 Å². The second-order valence-electron chi connectivity index (χ2n) is 4.03. The highest BCUT2D eigenvalue weighted by Gasteiger charge is 2.05. The van der Waals surface area contributed by atoms with Gasteiger partial charge < -0.3 is 10.2 Å². The lowest BCUT2D eigenvalue weighted by molar-refractivity contribution is 0.527. The van der Waals surface area contributed by atoms with E-state index in [1.54, 1.807) is 18.0 Å². The number of hydrogen-bond donors (Lipinski definition) is 1. The van der Waals surface area contributed by atoms with Gasteiger partial charge in [0.2, 0.25) is 0 Å². The zero-order valence-corrected chi connectivity index (χ0v) is 11.0. The normalized spacial score (nSPS) is 12.6. The number of furan rings is 1. The topological polar surface area (TPSA) is 39.2 Å². The van der Waals surface area contributed by atoms with Crippen molar-refractivity contribution in [2.75, 3.05) is 0 Å². The molecule has 0 aliphatic carbocycles. The Morgan fingerprint density at radius 3 is 2.47 bits per heavy atom. The maximum Gasteiger partial charge on any atom is 0.114 e. The molecule has 90 valence electrons. The first-order valence-corrected chi connectivity index (χ1v) is 6.60. The third-order valence-electron chi connectivity index (χ3n) is 2.79. The molecule has 1 heterocycles. The molecule has 0 fully saturated rings. The first-order valence-electron chi connectivity index (χ1n) is 5.78. The quantitative estimate of drug-likeness (QED) is 0.882. The van der Waals surface area contributed by atoms with Crippen LogP contribution in [-0.2, 0) is 0 Å². The van der Waals surface area contributed by atoms with Crippen LogP contribution in [0.5, 0.6) is 0 Å². The van der Waals surface area contributed by atoms with E-state index in [1.165, 1.54) is 10.5 Å². The molecular weight excluding hydrogens is 230 g/mol. The molecule has 0 bridgehead atoms. The van der Waals surface area contributed by atoms with Crippen molar-refractivity contribution < 1.29 is 4.42 Å². The summed E-state index contributed by atoms with van der Waals surface area (Å²) in [4.78, 5) is 2.37. The molecule has 0 saturated heterocycles. The highest BCUT2D eigenvalue weighted by molar-refractivity contribution is 7.99. The molecule has 17 heavy (non-hydrogen) atoms. The van der Waals surface area contributed by atoms with Crippen LogP contribution in [0.2, 0.25) is 0 Å². The Morgan fingerprint density at radius 2 is 1.94 bits per heavy atom. The fraction of sp³-hybridized carbons (Fsp3) is 0.286. The minimum Gasteiger partial charge on any atom is -0.468 e. The van der Waals surface area contributed by atoms with Crippen LogP contribution >= 0.6 is 11.8 Å². The molecule has 1 aromatic carbocycles. The highest BCUT2D eigenvalue weighted by atomic mass is 32.2. The summed E-state index contributed by atoms with van der Waals surface area (Å²) in [7, 11) is 0. The van der Waals surface area contributed by atoms with E-state index in [0.29, 0.717) is 0 Å². The van der Waals surface area contributed by atoms with Gasteiger partial charge in [0, 0.05) is 10.9 Å². The first kappa shape index (κ1) is 12.3. The standard InChI is InChI=1S/C14H17NOS/c1-3-13(15)11-4-6-12(7-5-11)17-14-8-9-16-10(14)2/h4-9,13H,3,15H2,1-2H3. The Hall–Kier alpha value is -1.19. The SMILES string of the molecule is CCC(N)c1ccc(Sc2ccoc2C)cc1. The van der Waals surface area contributed by atoms with Crippen LogP contribution in [0.1, 0.15) is 30.7 Å². The van der Waals surface area contributed by atoms with Gasteiger partial charge in [0.25, 0.3) is 0 Å². The third kappa shape index (κ3) is 2.93. The Morgan fingerprint density at radius 1 is 1.24 bits per heavy atom. The number of benzene rings is 1. The van der Waals surface area contributed by atoms with E-state index < -0.39 is 0 Å². The van der Waals surface area contributed by atoms with Crippen LogP contribution in [0, 0.1) is 6.92 Å². The summed E-state index contributed by atoms with van der Waals surface area (Å²) in [5.41, 5.74) is 7.18. The van der Waals surface area contributed by atoms with E-state index in [0.717, 1.165) is 17.1 Å². The van der Waals surface area contributed by atoms with E-state index in [9.17, 15) is 0 Å². The summed E-state index contributed by atoms with van der Waals surface area (Å²) < 4.78 is 5.28. The van der Waals surface area contributed by atoms with Crippen LogP contribution < -0.4 is 5.73 Å². The minimum atomic E-state index is 0.143. The summed E-state index contributed by atoms with van der Waals surface area (Å²) in [6.45, 7) is 4.08. The second kappa shape index (κ2) is 5.43. The molecule has 0 radical (unpaired) electrons. The molecule has 1 unspecified atom stereocenters. The van der Waals surface area contributed by atoms with Crippen molar-refractivity contribution in [3.63, 3.8) is 0 Å². The van der Waals surface area contributed by atoms with E-state index in [2.05, 4.69) is 31.2 Å². The van der Waals surface area contributed by atoms with Gasteiger partial charge in [0.05, 0.1) is 11.2 Å². The molecule has 0 aliphatic rings. The van der Waals surface area contributed by atoms with E-state index in [4.69, 9.17) is 10.2 Å². The zero-order valence-electron chi connectivity index (χ0n) is 10.1. The molecule has 1 aromatic heterocycles. The van der Waals surface area contributed by atoms with Gasteiger partial charge in [-0.3, -0.25) is 0 Å². The van der Waals surface area contributed by atoms with Gasteiger partial charge in [0.1, 0.15) is 5.76 Å². The molecule has 1 atom stereocenters. The van der Waals surface area contributed by atoms with Crippen LogP contribution in [-0.4, -0.2) is 0 Å². The summed E-state index contributed by atoms with van der Waals surface area (Å²) in [6.07, 6.45) is 2.69. The molecule has 2 aromatic rings. The third-order valence-corrected chi connectivity index (χ3v) is 3.94. The second-order valence-corrected chi connectivity index (χ2v) is 5.14. The fourth-order valence-electron chi connectivity index (χ4n) is 1.62. The molecular formula is C14H17NOS. The van der Waals surface area contributed by atoms with E-state index in [-0.39, 0.29) is 6.04 Å². The summed E-state index contributed by atoms with van der Waals surface area (Å²) >= 11 is 1.71. The Balaban J connectivity index is 2.11. The van der Waals surface area contributed by atoms with Crippen molar-refractivity contribution in [2.24, 2.45) is 5.73 Å². The molecule has 3 heteroatoms. The smallest absolute Gasteiger partial charge is 0.114 e. The van der Waals surface area contributed by atoms with Crippen LogP contribution in [0.3, 0.4) is 0 Å². The largest absolute Gasteiger partial charge is 0.468 e. The monoisotopic (exact) mass is 247 g/mol. The fourth-order valence-corrected chi connectivity index (χ4v) is 2.47.